The van der Waals surface area contributed by atoms with Crippen LogP contribution in [0.1, 0.15) is 30.9 Å². The second-order valence-corrected chi connectivity index (χ2v) is 5.50. The molecule has 0 saturated heterocycles. The fourth-order valence-electron chi connectivity index (χ4n) is 2.37. The maximum atomic E-state index is 12.1. The minimum atomic E-state index is -0.264. The molecule has 0 radical (unpaired) electrons. The molecule has 22 heavy (non-hydrogen) atoms. The molecule has 0 aliphatic rings. The second kappa shape index (κ2) is 8.29. The van der Waals surface area contributed by atoms with Crippen molar-refractivity contribution in [3.05, 3.63) is 66.0 Å². The molecule has 2 rings (SSSR count). The van der Waals surface area contributed by atoms with Crippen LogP contribution in [0.4, 0.5) is 0 Å². The number of hydroxylamine groups is 2. The molecule has 1 aromatic heterocycles. The Bertz CT molecular complexity index is 572. The van der Waals surface area contributed by atoms with Crippen LogP contribution in [0.15, 0.2) is 54.9 Å². The molecule has 1 atom stereocenters. The molecule has 1 heterocycles. The molecular weight excluding hydrogens is 276 g/mol. The van der Waals surface area contributed by atoms with E-state index in [1.165, 1.54) is 5.56 Å². The molecule has 0 aliphatic heterocycles. The van der Waals surface area contributed by atoms with Crippen molar-refractivity contribution in [3.63, 3.8) is 0 Å². The highest BCUT2D eigenvalue weighted by atomic mass is 16.5. The zero-order valence-electron chi connectivity index (χ0n) is 12.9. The number of hydrogen-bond acceptors (Lipinski definition) is 3. The van der Waals surface area contributed by atoms with Crippen LogP contribution in [0.5, 0.6) is 0 Å². The molecule has 1 unspecified atom stereocenters. The van der Waals surface area contributed by atoms with Crippen molar-refractivity contribution in [1.29, 1.82) is 0 Å². The van der Waals surface area contributed by atoms with E-state index in [4.69, 9.17) is 0 Å². The lowest BCUT2D eigenvalue weighted by Crippen LogP contribution is -2.36. The first-order valence-corrected chi connectivity index (χ1v) is 7.60. The van der Waals surface area contributed by atoms with E-state index in [9.17, 15) is 10.0 Å². The summed E-state index contributed by atoms with van der Waals surface area (Å²) in [5.74, 6) is -0.264. The van der Waals surface area contributed by atoms with E-state index in [0.29, 0.717) is 0 Å². The summed E-state index contributed by atoms with van der Waals surface area (Å²) < 4.78 is 0. The summed E-state index contributed by atoms with van der Waals surface area (Å²) in [6.45, 7) is 1.87. The minimum absolute atomic E-state index is 0.187. The molecule has 1 amide bonds. The molecule has 0 fully saturated rings. The van der Waals surface area contributed by atoms with Gasteiger partial charge < -0.3 is 0 Å². The van der Waals surface area contributed by atoms with Gasteiger partial charge in [-0.2, -0.15) is 0 Å². The van der Waals surface area contributed by atoms with Gasteiger partial charge in [-0.3, -0.25) is 15.0 Å². The van der Waals surface area contributed by atoms with Gasteiger partial charge in [0.15, 0.2) is 0 Å². The first kappa shape index (κ1) is 16.2. The number of carbonyl (C=O) groups is 1. The number of carbonyl (C=O) groups excluding carboxylic acids is 1. The second-order valence-electron chi connectivity index (χ2n) is 5.50. The van der Waals surface area contributed by atoms with Gasteiger partial charge in [0.1, 0.15) is 0 Å². The summed E-state index contributed by atoms with van der Waals surface area (Å²) >= 11 is 0. The third-order valence-corrected chi connectivity index (χ3v) is 3.68. The Labute approximate surface area is 131 Å². The lowest BCUT2D eigenvalue weighted by Gasteiger charge is -2.22. The first-order chi connectivity index (χ1) is 10.7. The SMILES string of the molecule is CC(CCCc1cccnc1)N(O)C(=O)Cc1ccccc1. The number of benzene rings is 1. The Morgan fingerprint density at radius 2 is 1.91 bits per heavy atom. The smallest absolute Gasteiger partial charge is 0.250 e. The van der Waals surface area contributed by atoms with Gasteiger partial charge in [0.2, 0.25) is 0 Å². The zero-order chi connectivity index (χ0) is 15.8. The quantitative estimate of drug-likeness (QED) is 0.630. The third kappa shape index (κ3) is 4.97. The predicted octanol–water partition coefficient (Wildman–Crippen LogP) is 3.25. The summed E-state index contributed by atoms with van der Waals surface area (Å²) in [7, 11) is 0. The van der Waals surface area contributed by atoms with Crippen molar-refractivity contribution >= 4 is 5.91 Å². The summed E-state index contributed by atoms with van der Waals surface area (Å²) in [5.41, 5.74) is 2.09. The molecule has 0 bridgehead atoms. The van der Waals surface area contributed by atoms with Gasteiger partial charge in [0.05, 0.1) is 12.5 Å². The Hall–Kier alpha value is -2.20. The van der Waals surface area contributed by atoms with Gasteiger partial charge in [0.25, 0.3) is 5.91 Å². The molecule has 1 aromatic carbocycles. The van der Waals surface area contributed by atoms with Gasteiger partial charge in [-0.25, -0.2) is 5.06 Å². The van der Waals surface area contributed by atoms with E-state index in [1.54, 1.807) is 6.20 Å². The highest BCUT2D eigenvalue weighted by Crippen LogP contribution is 2.11. The number of pyridine rings is 1. The number of aryl methyl sites for hydroxylation is 1. The Morgan fingerprint density at radius 3 is 2.59 bits per heavy atom. The molecule has 0 spiro atoms. The van der Waals surface area contributed by atoms with E-state index in [2.05, 4.69) is 4.98 Å². The fraction of sp³-hybridized carbons (Fsp3) is 0.333. The van der Waals surface area contributed by atoms with Crippen molar-refractivity contribution in [1.82, 2.24) is 10.0 Å². The normalized spacial score (nSPS) is 11.9. The molecular formula is C18H22N2O2. The topological polar surface area (TPSA) is 53.4 Å². The van der Waals surface area contributed by atoms with E-state index in [-0.39, 0.29) is 18.4 Å². The van der Waals surface area contributed by atoms with Crippen LogP contribution < -0.4 is 0 Å². The Balaban J connectivity index is 1.76. The lowest BCUT2D eigenvalue weighted by molar-refractivity contribution is -0.174. The highest BCUT2D eigenvalue weighted by molar-refractivity contribution is 5.77. The van der Waals surface area contributed by atoms with Crippen molar-refractivity contribution in [3.8, 4) is 0 Å². The predicted molar refractivity (Wildman–Crippen MR) is 85.4 cm³/mol. The molecule has 1 N–H and O–H groups in total. The van der Waals surface area contributed by atoms with Gasteiger partial charge >= 0.3 is 0 Å². The summed E-state index contributed by atoms with van der Waals surface area (Å²) in [5, 5.41) is 10.9. The van der Waals surface area contributed by atoms with Crippen molar-refractivity contribution in [2.75, 3.05) is 0 Å². The van der Waals surface area contributed by atoms with Crippen LogP contribution in [-0.4, -0.2) is 27.2 Å². The summed E-state index contributed by atoms with van der Waals surface area (Å²) in [6.07, 6.45) is 6.39. The molecule has 116 valence electrons. The Morgan fingerprint density at radius 1 is 1.18 bits per heavy atom. The van der Waals surface area contributed by atoms with Crippen LogP contribution in [0.25, 0.3) is 0 Å². The van der Waals surface area contributed by atoms with Crippen LogP contribution in [0.2, 0.25) is 0 Å². The van der Waals surface area contributed by atoms with Crippen LogP contribution in [-0.2, 0) is 17.6 Å². The van der Waals surface area contributed by atoms with Crippen LogP contribution in [0, 0.1) is 0 Å². The van der Waals surface area contributed by atoms with E-state index in [1.807, 2.05) is 55.6 Å². The molecule has 0 aliphatic carbocycles. The number of hydrogen-bond donors (Lipinski definition) is 1. The third-order valence-electron chi connectivity index (χ3n) is 3.68. The monoisotopic (exact) mass is 298 g/mol. The molecule has 0 saturated carbocycles. The summed E-state index contributed by atoms with van der Waals surface area (Å²) in [6, 6.07) is 13.2. The lowest BCUT2D eigenvalue weighted by atomic mass is 10.1. The minimum Gasteiger partial charge on any atom is -0.286 e. The number of rotatable bonds is 7. The van der Waals surface area contributed by atoms with Gasteiger partial charge in [0, 0.05) is 12.4 Å². The highest BCUT2D eigenvalue weighted by Gasteiger charge is 2.17. The molecule has 2 aromatic rings. The number of aromatic nitrogens is 1. The van der Waals surface area contributed by atoms with Gasteiger partial charge in [-0.1, -0.05) is 36.4 Å². The first-order valence-electron chi connectivity index (χ1n) is 7.60. The molecule has 4 heteroatoms. The average Bonchev–Trinajstić information content (AvgIpc) is 2.56. The van der Waals surface area contributed by atoms with Crippen LogP contribution >= 0.6 is 0 Å². The van der Waals surface area contributed by atoms with Crippen molar-refractivity contribution < 1.29 is 10.0 Å². The van der Waals surface area contributed by atoms with Gasteiger partial charge in [-0.15, -0.1) is 0 Å². The number of nitrogens with zero attached hydrogens (tertiary/aromatic N) is 2. The average molecular weight is 298 g/mol. The maximum absolute atomic E-state index is 12.1. The number of amides is 1. The maximum Gasteiger partial charge on any atom is 0.250 e. The van der Waals surface area contributed by atoms with Crippen LogP contribution in [0.3, 0.4) is 0 Å². The standard InChI is InChI=1S/C18H22N2O2/c1-15(7-5-10-17-11-6-12-19-14-17)20(22)18(21)13-16-8-3-2-4-9-16/h2-4,6,8-9,11-12,14-15,22H,5,7,10,13H2,1H3. The largest absolute Gasteiger partial charge is 0.286 e. The van der Waals surface area contributed by atoms with E-state index in [0.717, 1.165) is 29.9 Å². The van der Waals surface area contributed by atoms with Crippen molar-refractivity contribution in [2.24, 2.45) is 0 Å². The van der Waals surface area contributed by atoms with Gasteiger partial charge in [-0.05, 0) is 43.4 Å². The van der Waals surface area contributed by atoms with E-state index < -0.39 is 0 Å². The Kier molecular flexibility index (Phi) is 6.10. The fourth-order valence-corrected chi connectivity index (χ4v) is 2.37. The molecule has 4 nitrogen and oxygen atoms in total. The van der Waals surface area contributed by atoms with E-state index >= 15 is 0 Å². The van der Waals surface area contributed by atoms with Crippen molar-refractivity contribution in [2.45, 2.75) is 38.6 Å². The zero-order valence-corrected chi connectivity index (χ0v) is 12.9. The summed E-state index contributed by atoms with van der Waals surface area (Å²) in [4.78, 5) is 16.1.